The molecule has 1 fully saturated rings. The number of hydrogen-bond donors (Lipinski definition) is 2. The van der Waals surface area contributed by atoms with Gasteiger partial charge in [0.1, 0.15) is 0 Å². The lowest BCUT2D eigenvalue weighted by atomic mass is 10.0. The molecule has 5 heterocycles. The van der Waals surface area contributed by atoms with Crippen LogP contribution in [0.15, 0.2) is 50.3 Å². The van der Waals surface area contributed by atoms with Gasteiger partial charge < -0.3 is 10.4 Å². The van der Waals surface area contributed by atoms with E-state index in [1.165, 1.54) is 47.1 Å². The van der Waals surface area contributed by atoms with E-state index in [0.717, 1.165) is 45.6 Å². The summed E-state index contributed by atoms with van der Waals surface area (Å²) < 4.78 is 0. The van der Waals surface area contributed by atoms with Crippen molar-refractivity contribution in [1.29, 1.82) is 0 Å². The van der Waals surface area contributed by atoms with Crippen LogP contribution in [0.1, 0.15) is 51.4 Å². The fourth-order valence-corrected chi connectivity index (χ4v) is 4.24. The van der Waals surface area contributed by atoms with E-state index in [4.69, 9.17) is 20.1 Å². The molecular weight excluding hydrogens is 312 g/mol. The van der Waals surface area contributed by atoms with E-state index < -0.39 is 0 Å². The van der Waals surface area contributed by atoms with Crippen molar-refractivity contribution in [3.63, 3.8) is 0 Å². The molecule has 1 saturated heterocycles. The number of aliphatic imine (C=N–C) groups is 3. The summed E-state index contributed by atoms with van der Waals surface area (Å²) in [5.41, 5.74) is 7.41. The molecule has 2 atom stereocenters. The van der Waals surface area contributed by atoms with Crippen molar-refractivity contribution < 1.29 is 5.11 Å². The number of allylic oxidation sites excluding steroid dienone is 6. The zero-order valence-corrected chi connectivity index (χ0v) is 14.8. The Bertz CT molecular complexity index is 739. The molecule has 0 aliphatic carbocycles. The van der Waals surface area contributed by atoms with Gasteiger partial charge >= 0.3 is 0 Å². The van der Waals surface area contributed by atoms with Crippen LogP contribution in [0.2, 0.25) is 0 Å². The molecule has 5 nitrogen and oxygen atoms in total. The highest BCUT2D eigenvalue weighted by Gasteiger charge is 2.30. The van der Waals surface area contributed by atoms with Gasteiger partial charge in [-0.3, -0.25) is 15.0 Å². The monoisotopic (exact) mass is 338 g/mol. The van der Waals surface area contributed by atoms with E-state index >= 15 is 0 Å². The first kappa shape index (κ1) is 16.5. The molecule has 0 saturated carbocycles. The topological polar surface area (TPSA) is 69.3 Å². The lowest BCUT2D eigenvalue weighted by molar-refractivity contribution is 0.399. The maximum atomic E-state index is 7.00. The summed E-state index contributed by atoms with van der Waals surface area (Å²) in [6.45, 7) is 0. The van der Waals surface area contributed by atoms with Crippen LogP contribution in [0.4, 0.5) is 0 Å². The molecule has 0 aromatic rings. The summed E-state index contributed by atoms with van der Waals surface area (Å²) in [6, 6.07) is 0.934. The van der Waals surface area contributed by atoms with Crippen molar-refractivity contribution in [3.05, 3.63) is 35.3 Å². The predicted molar refractivity (Wildman–Crippen MR) is 102 cm³/mol. The first-order chi connectivity index (χ1) is 12.3. The van der Waals surface area contributed by atoms with Crippen LogP contribution in [-0.4, -0.2) is 41.4 Å². The molecule has 0 aromatic heterocycles. The maximum absolute atomic E-state index is 7.00. The normalized spacial score (nSPS) is 35.9. The fraction of sp³-hybridized carbons (Fsp3) is 0.550. The summed E-state index contributed by atoms with van der Waals surface area (Å²) in [6.07, 6.45) is 15.5. The SMILES string of the molecule is C1=C2/CCC(=N2)/C=C2/CCC(N2)C2CCC(=N2)/C=C2/CCC/1=N2.CO. The van der Waals surface area contributed by atoms with E-state index in [2.05, 4.69) is 23.5 Å². The first-order valence-corrected chi connectivity index (χ1v) is 9.37. The Morgan fingerprint density at radius 1 is 0.800 bits per heavy atom. The third-order valence-electron chi connectivity index (χ3n) is 5.44. The lowest BCUT2D eigenvalue weighted by Crippen LogP contribution is -2.31. The van der Waals surface area contributed by atoms with Gasteiger partial charge in [-0.05, 0) is 69.6 Å². The van der Waals surface area contributed by atoms with Gasteiger partial charge in [-0.15, -0.1) is 0 Å². The van der Waals surface area contributed by atoms with Crippen LogP contribution in [0.5, 0.6) is 0 Å². The fourth-order valence-electron chi connectivity index (χ4n) is 4.24. The predicted octanol–water partition coefficient (Wildman–Crippen LogP) is 3.09. The van der Waals surface area contributed by atoms with Crippen LogP contribution in [0, 0.1) is 0 Å². The van der Waals surface area contributed by atoms with Crippen LogP contribution in [0.25, 0.3) is 0 Å². The molecule has 0 aromatic carbocycles. The smallest absolute Gasteiger partial charge is 0.0707 e. The van der Waals surface area contributed by atoms with Gasteiger partial charge in [0.25, 0.3) is 0 Å². The van der Waals surface area contributed by atoms with E-state index in [1.54, 1.807) is 0 Å². The van der Waals surface area contributed by atoms with Gasteiger partial charge in [0.15, 0.2) is 0 Å². The molecule has 2 unspecified atom stereocenters. The highest BCUT2D eigenvalue weighted by molar-refractivity contribution is 6.03. The summed E-state index contributed by atoms with van der Waals surface area (Å²) >= 11 is 0. The second kappa shape index (κ2) is 7.08. The largest absolute Gasteiger partial charge is 0.400 e. The van der Waals surface area contributed by atoms with Crippen LogP contribution in [0.3, 0.4) is 0 Å². The Kier molecular flexibility index (Phi) is 4.66. The van der Waals surface area contributed by atoms with Crippen LogP contribution >= 0.6 is 0 Å². The number of aliphatic hydroxyl groups excluding tert-OH is 1. The number of nitrogens with one attached hydrogen (secondary N) is 1. The molecule has 132 valence electrons. The Morgan fingerprint density at radius 3 is 2.24 bits per heavy atom. The van der Waals surface area contributed by atoms with Crippen molar-refractivity contribution in [2.75, 3.05) is 7.11 Å². The number of rotatable bonds is 0. The minimum atomic E-state index is 0.432. The number of nitrogens with zero attached hydrogens (tertiary/aromatic N) is 3. The van der Waals surface area contributed by atoms with Gasteiger partial charge in [0.05, 0.1) is 6.04 Å². The Morgan fingerprint density at radius 2 is 1.48 bits per heavy atom. The van der Waals surface area contributed by atoms with Crippen molar-refractivity contribution in [2.45, 2.75) is 63.5 Å². The molecule has 5 heteroatoms. The van der Waals surface area contributed by atoms with Gasteiger partial charge in [-0.25, -0.2) is 0 Å². The molecular formula is C20H26N4O. The second-order valence-corrected chi connectivity index (χ2v) is 7.16. The first-order valence-electron chi connectivity index (χ1n) is 9.37. The standard InChI is InChI=1S/C19H22N4.CH4O/c1-3-14-10-16-5-7-18(22-16)19-8-6-17(23-19)11-15-4-2-13(21-15)9-12(1)20-14;1-2/h9-11,18-19,22H,1-8H2;2H,1H3/b12-9-,15-11-,16-10-;. The zero-order valence-electron chi connectivity index (χ0n) is 14.8. The lowest BCUT2D eigenvalue weighted by Gasteiger charge is -2.16. The molecule has 5 aliphatic rings. The molecule has 0 spiro atoms. The van der Waals surface area contributed by atoms with Crippen molar-refractivity contribution >= 4 is 17.1 Å². The minimum absolute atomic E-state index is 0.432. The maximum Gasteiger partial charge on any atom is 0.0707 e. The third kappa shape index (κ3) is 3.52. The molecule has 8 bridgehead atoms. The van der Waals surface area contributed by atoms with Gasteiger partial charge in [-0.1, -0.05) is 0 Å². The Labute approximate surface area is 149 Å². The summed E-state index contributed by atoms with van der Waals surface area (Å²) in [4.78, 5) is 14.6. The highest BCUT2D eigenvalue weighted by Crippen LogP contribution is 2.29. The van der Waals surface area contributed by atoms with Crippen LogP contribution in [-0.2, 0) is 0 Å². The van der Waals surface area contributed by atoms with Crippen molar-refractivity contribution in [3.8, 4) is 0 Å². The number of aliphatic hydroxyl groups is 1. The van der Waals surface area contributed by atoms with Crippen LogP contribution < -0.4 is 5.32 Å². The van der Waals surface area contributed by atoms with E-state index in [1.807, 2.05) is 0 Å². The van der Waals surface area contributed by atoms with E-state index in [9.17, 15) is 0 Å². The van der Waals surface area contributed by atoms with Crippen molar-refractivity contribution in [2.24, 2.45) is 15.0 Å². The Balaban J connectivity index is 0.000000758. The third-order valence-corrected chi connectivity index (χ3v) is 5.44. The molecule has 0 amide bonds. The zero-order chi connectivity index (χ0) is 17.2. The molecule has 5 rings (SSSR count). The summed E-state index contributed by atoms with van der Waals surface area (Å²) in [7, 11) is 1.00. The number of hydrogen-bond acceptors (Lipinski definition) is 5. The van der Waals surface area contributed by atoms with Gasteiger partial charge in [-0.2, -0.15) is 0 Å². The average Bonchev–Trinajstić information content (AvgIpc) is 3.39. The highest BCUT2D eigenvalue weighted by atomic mass is 16.2. The second-order valence-electron chi connectivity index (χ2n) is 7.16. The van der Waals surface area contributed by atoms with Gasteiger partial charge in [0, 0.05) is 47.4 Å². The van der Waals surface area contributed by atoms with Crippen molar-refractivity contribution in [1.82, 2.24) is 5.32 Å². The molecule has 25 heavy (non-hydrogen) atoms. The quantitative estimate of drug-likeness (QED) is 0.712. The minimum Gasteiger partial charge on any atom is -0.400 e. The van der Waals surface area contributed by atoms with E-state index in [0.29, 0.717) is 12.1 Å². The molecule has 5 aliphatic heterocycles. The average molecular weight is 338 g/mol. The van der Waals surface area contributed by atoms with E-state index in [-0.39, 0.29) is 0 Å². The van der Waals surface area contributed by atoms with Gasteiger partial charge in [0.2, 0.25) is 0 Å². The number of fused-ring (bicyclic) bond motifs is 6. The molecule has 0 radical (unpaired) electrons. The Hall–Kier alpha value is -2.01. The summed E-state index contributed by atoms with van der Waals surface area (Å²) in [5, 5.41) is 10.7. The molecule has 2 N–H and O–H groups in total. The summed E-state index contributed by atoms with van der Waals surface area (Å²) in [5.74, 6) is 0.